The van der Waals surface area contributed by atoms with Crippen molar-refractivity contribution < 1.29 is 4.79 Å². The molecule has 98 valence electrons. The summed E-state index contributed by atoms with van der Waals surface area (Å²) < 4.78 is 0. The molecule has 17 heavy (non-hydrogen) atoms. The molecular formula is C12H22N2OS2. The van der Waals surface area contributed by atoms with Crippen LogP contribution < -0.4 is 11.1 Å². The van der Waals surface area contributed by atoms with Crippen molar-refractivity contribution in [3.63, 3.8) is 0 Å². The second kappa shape index (κ2) is 6.05. The molecule has 0 radical (unpaired) electrons. The summed E-state index contributed by atoms with van der Waals surface area (Å²) in [6, 6.07) is 0.292. The van der Waals surface area contributed by atoms with Gasteiger partial charge in [-0.2, -0.15) is 11.8 Å². The molecule has 3 atom stereocenters. The fourth-order valence-electron chi connectivity index (χ4n) is 2.08. The maximum Gasteiger partial charge on any atom is 0.232 e. The number of nitrogens with one attached hydrogen (secondary N) is 1. The van der Waals surface area contributed by atoms with Gasteiger partial charge in [0.25, 0.3) is 0 Å². The molecule has 0 heterocycles. The van der Waals surface area contributed by atoms with E-state index in [1.165, 1.54) is 6.42 Å². The van der Waals surface area contributed by atoms with Crippen LogP contribution in [0.4, 0.5) is 0 Å². The largest absolute Gasteiger partial charge is 0.392 e. The Labute approximate surface area is 113 Å². The lowest BCUT2D eigenvalue weighted by atomic mass is 9.86. The summed E-state index contributed by atoms with van der Waals surface area (Å²) in [5, 5.41) is 3.77. The van der Waals surface area contributed by atoms with Crippen molar-refractivity contribution in [3.05, 3.63) is 0 Å². The Hall–Kier alpha value is -0.290. The minimum atomic E-state index is -0.702. The first-order chi connectivity index (χ1) is 7.93. The topological polar surface area (TPSA) is 55.1 Å². The average molecular weight is 274 g/mol. The first kappa shape index (κ1) is 14.8. The molecule has 3 nitrogen and oxygen atoms in total. The first-order valence-corrected chi connectivity index (χ1v) is 7.77. The molecule has 1 aliphatic carbocycles. The quantitative estimate of drug-likeness (QED) is 0.754. The molecule has 0 saturated heterocycles. The van der Waals surface area contributed by atoms with Crippen molar-refractivity contribution in [2.24, 2.45) is 11.1 Å². The summed E-state index contributed by atoms with van der Waals surface area (Å²) in [4.78, 5) is 12.5. The van der Waals surface area contributed by atoms with Crippen LogP contribution in [0.2, 0.25) is 0 Å². The third-order valence-electron chi connectivity index (χ3n) is 3.81. The van der Waals surface area contributed by atoms with Gasteiger partial charge in [-0.05, 0) is 38.9 Å². The van der Waals surface area contributed by atoms with Crippen LogP contribution in [0.5, 0.6) is 0 Å². The number of amides is 1. The third-order valence-corrected chi connectivity index (χ3v) is 5.35. The van der Waals surface area contributed by atoms with Crippen LogP contribution in [-0.2, 0) is 4.79 Å². The molecule has 0 aromatic rings. The van der Waals surface area contributed by atoms with Gasteiger partial charge in [0, 0.05) is 11.3 Å². The molecule has 1 aliphatic rings. The summed E-state index contributed by atoms with van der Waals surface area (Å²) in [6.07, 6.45) is 6.08. The van der Waals surface area contributed by atoms with Crippen LogP contribution in [-0.4, -0.2) is 28.4 Å². The van der Waals surface area contributed by atoms with E-state index in [4.69, 9.17) is 18.0 Å². The van der Waals surface area contributed by atoms with E-state index in [0.29, 0.717) is 17.7 Å². The molecule has 1 amide bonds. The van der Waals surface area contributed by atoms with E-state index in [1.807, 2.05) is 25.6 Å². The summed E-state index contributed by atoms with van der Waals surface area (Å²) in [7, 11) is 0. The zero-order chi connectivity index (χ0) is 13.1. The Bertz CT molecular complexity index is 309. The number of carbonyl (C=O) groups excluding carboxylic acids is 1. The predicted molar refractivity (Wildman–Crippen MR) is 78.3 cm³/mol. The third kappa shape index (κ3) is 3.35. The van der Waals surface area contributed by atoms with E-state index in [9.17, 15) is 4.79 Å². The lowest BCUT2D eigenvalue weighted by molar-refractivity contribution is -0.127. The number of hydrogen-bond donors (Lipinski definition) is 2. The van der Waals surface area contributed by atoms with Gasteiger partial charge in [-0.15, -0.1) is 0 Å². The van der Waals surface area contributed by atoms with Gasteiger partial charge in [0.05, 0.1) is 10.4 Å². The molecule has 1 fully saturated rings. The fraction of sp³-hybridized carbons (Fsp3) is 0.833. The number of thiocarbonyl (C=S) groups is 1. The molecule has 3 unspecified atom stereocenters. The van der Waals surface area contributed by atoms with Gasteiger partial charge in [0.1, 0.15) is 0 Å². The summed E-state index contributed by atoms with van der Waals surface area (Å²) in [5.74, 6) is -0.0146. The lowest BCUT2D eigenvalue weighted by Gasteiger charge is -2.27. The summed E-state index contributed by atoms with van der Waals surface area (Å²) in [6.45, 7) is 3.77. The van der Waals surface area contributed by atoms with E-state index in [0.717, 1.165) is 12.8 Å². The number of carbonyl (C=O) groups is 1. The molecule has 1 saturated carbocycles. The van der Waals surface area contributed by atoms with Gasteiger partial charge in [0.2, 0.25) is 5.91 Å². The summed E-state index contributed by atoms with van der Waals surface area (Å²) in [5.41, 5.74) is 4.97. The molecule has 3 N–H and O–H groups in total. The smallest absolute Gasteiger partial charge is 0.232 e. The Balaban J connectivity index is 2.57. The van der Waals surface area contributed by atoms with E-state index in [1.54, 1.807) is 0 Å². The maximum atomic E-state index is 12.2. The molecule has 5 heteroatoms. The van der Waals surface area contributed by atoms with Crippen LogP contribution in [0.3, 0.4) is 0 Å². The SMILES string of the molecule is CCC(C)(C(=O)NC1CCC(SC)C1)C(N)=S. The maximum absolute atomic E-state index is 12.2. The van der Waals surface area contributed by atoms with E-state index < -0.39 is 5.41 Å². The van der Waals surface area contributed by atoms with Gasteiger partial charge < -0.3 is 11.1 Å². The minimum absolute atomic E-state index is 0.0146. The van der Waals surface area contributed by atoms with E-state index in [2.05, 4.69) is 11.6 Å². The second-order valence-electron chi connectivity index (χ2n) is 4.89. The van der Waals surface area contributed by atoms with Gasteiger partial charge in [-0.3, -0.25) is 4.79 Å². The Morgan fingerprint density at radius 2 is 2.24 bits per heavy atom. The number of nitrogens with two attached hydrogens (primary N) is 1. The highest BCUT2D eigenvalue weighted by molar-refractivity contribution is 7.99. The summed E-state index contributed by atoms with van der Waals surface area (Å²) >= 11 is 6.89. The van der Waals surface area contributed by atoms with Crippen molar-refractivity contribution in [2.45, 2.75) is 50.8 Å². The van der Waals surface area contributed by atoms with Crippen LogP contribution in [0, 0.1) is 5.41 Å². The second-order valence-corrected chi connectivity index (χ2v) is 6.47. The zero-order valence-corrected chi connectivity index (χ0v) is 12.4. The van der Waals surface area contributed by atoms with Crippen molar-refractivity contribution in [1.29, 1.82) is 0 Å². The van der Waals surface area contributed by atoms with E-state index >= 15 is 0 Å². The number of rotatable bonds is 5. The standard InChI is InChI=1S/C12H22N2OS2/c1-4-12(2,10(13)16)11(15)14-8-5-6-9(7-8)17-3/h8-9H,4-7H2,1-3H3,(H2,13,16)(H,14,15). The van der Waals surface area contributed by atoms with Crippen LogP contribution >= 0.6 is 24.0 Å². The Morgan fingerprint density at radius 1 is 1.59 bits per heavy atom. The lowest BCUT2D eigenvalue weighted by Crippen LogP contribution is -2.49. The molecular weight excluding hydrogens is 252 g/mol. The Morgan fingerprint density at radius 3 is 2.65 bits per heavy atom. The molecule has 0 aliphatic heterocycles. The molecule has 0 bridgehead atoms. The highest BCUT2D eigenvalue weighted by atomic mass is 32.2. The van der Waals surface area contributed by atoms with Crippen LogP contribution in [0.25, 0.3) is 0 Å². The van der Waals surface area contributed by atoms with E-state index in [-0.39, 0.29) is 10.9 Å². The van der Waals surface area contributed by atoms with Gasteiger partial charge >= 0.3 is 0 Å². The van der Waals surface area contributed by atoms with Crippen molar-refractivity contribution in [1.82, 2.24) is 5.32 Å². The number of hydrogen-bond acceptors (Lipinski definition) is 3. The molecule has 1 rings (SSSR count). The molecule has 0 aromatic carbocycles. The van der Waals surface area contributed by atoms with Gasteiger partial charge in [-0.1, -0.05) is 19.1 Å². The molecule has 0 aromatic heterocycles. The highest BCUT2D eigenvalue weighted by Gasteiger charge is 2.36. The highest BCUT2D eigenvalue weighted by Crippen LogP contribution is 2.29. The Kier molecular flexibility index (Phi) is 5.25. The normalized spacial score (nSPS) is 27.5. The first-order valence-electron chi connectivity index (χ1n) is 6.07. The minimum Gasteiger partial charge on any atom is -0.392 e. The van der Waals surface area contributed by atoms with Crippen molar-refractivity contribution >= 4 is 34.9 Å². The van der Waals surface area contributed by atoms with Crippen molar-refractivity contribution in [3.8, 4) is 0 Å². The van der Waals surface area contributed by atoms with Crippen LogP contribution in [0.1, 0.15) is 39.5 Å². The average Bonchev–Trinajstić information content (AvgIpc) is 2.75. The fourth-order valence-corrected chi connectivity index (χ4v) is 3.11. The zero-order valence-electron chi connectivity index (χ0n) is 10.8. The number of thioether (sulfide) groups is 1. The predicted octanol–water partition coefficient (Wildman–Crippen LogP) is 2.09. The monoisotopic (exact) mass is 274 g/mol. The molecule has 0 spiro atoms. The van der Waals surface area contributed by atoms with Crippen LogP contribution in [0.15, 0.2) is 0 Å². The van der Waals surface area contributed by atoms with Gasteiger partial charge in [-0.25, -0.2) is 0 Å². The van der Waals surface area contributed by atoms with Gasteiger partial charge in [0.15, 0.2) is 0 Å². The van der Waals surface area contributed by atoms with Crippen molar-refractivity contribution in [2.75, 3.05) is 6.26 Å².